The minimum Gasteiger partial charge on any atom is -0.493 e. The molecule has 1 rings (SSSR count). The van der Waals surface area contributed by atoms with Crippen LogP contribution in [0.3, 0.4) is 0 Å². The number of imidazole rings is 1. The standard InChI is InChI=1S/C13H23N2O6P/c1-4-21-22(20,7-10(12(17)18)5-9(2)3)8-15-11(16)6-14-13(15)19/h6,9-10,16H,4-5,7-8H2,1-3H3,(H,14,19)(H,17,18). The number of aliphatic carboxylic acids is 1. The van der Waals surface area contributed by atoms with E-state index in [1.165, 1.54) is 0 Å². The lowest BCUT2D eigenvalue weighted by atomic mass is 9.99. The van der Waals surface area contributed by atoms with Crippen molar-refractivity contribution in [1.82, 2.24) is 9.55 Å². The Balaban J connectivity index is 3.01. The van der Waals surface area contributed by atoms with Crippen LogP contribution in [0.4, 0.5) is 0 Å². The summed E-state index contributed by atoms with van der Waals surface area (Å²) in [5.74, 6) is -2.10. The highest BCUT2D eigenvalue weighted by Crippen LogP contribution is 2.51. The molecule has 0 aliphatic carbocycles. The van der Waals surface area contributed by atoms with E-state index in [9.17, 15) is 24.4 Å². The Hall–Kier alpha value is -1.53. The van der Waals surface area contributed by atoms with Crippen LogP contribution in [0.15, 0.2) is 11.0 Å². The minimum atomic E-state index is -3.43. The average Bonchev–Trinajstić information content (AvgIpc) is 2.69. The maximum Gasteiger partial charge on any atom is 0.328 e. The smallest absolute Gasteiger partial charge is 0.328 e. The van der Waals surface area contributed by atoms with Gasteiger partial charge in [-0.1, -0.05) is 13.8 Å². The van der Waals surface area contributed by atoms with Crippen molar-refractivity contribution < 1.29 is 24.1 Å². The van der Waals surface area contributed by atoms with Gasteiger partial charge < -0.3 is 19.7 Å². The second-order valence-electron chi connectivity index (χ2n) is 5.60. The molecule has 1 aromatic heterocycles. The Kier molecular flexibility index (Phi) is 6.44. The van der Waals surface area contributed by atoms with Gasteiger partial charge in [0, 0.05) is 6.16 Å². The minimum absolute atomic E-state index is 0.125. The van der Waals surface area contributed by atoms with Crippen LogP contribution in [-0.4, -0.2) is 38.5 Å². The molecule has 126 valence electrons. The van der Waals surface area contributed by atoms with E-state index in [1.807, 2.05) is 13.8 Å². The van der Waals surface area contributed by atoms with Gasteiger partial charge in [-0.05, 0) is 19.3 Å². The molecule has 0 saturated heterocycles. The molecule has 8 nitrogen and oxygen atoms in total. The molecule has 2 atom stereocenters. The van der Waals surface area contributed by atoms with Gasteiger partial charge in [0.2, 0.25) is 13.2 Å². The molecule has 0 fully saturated rings. The summed E-state index contributed by atoms with van der Waals surface area (Å²) >= 11 is 0. The molecule has 0 radical (unpaired) electrons. The fraction of sp³-hybridized carbons (Fsp3) is 0.692. The van der Waals surface area contributed by atoms with Crippen LogP contribution in [0.25, 0.3) is 0 Å². The number of carboxylic acids is 1. The molecule has 9 heteroatoms. The first-order chi connectivity index (χ1) is 10.2. The third-order valence-electron chi connectivity index (χ3n) is 3.17. The fourth-order valence-corrected chi connectivity index (χ4v) is 4.74. The molecule has 0 aliphatic rings. The first-order valence-corrected chi connectivity index (χ1v) is 9.10. The largest absolute Gasteiger partial charge is 0.493 e. The summed E-state index contributed by atoms with van der Waals surface area (Å²) in [6.45, 7) is 5.53. The van der Waals surface area contributed by atoms with Gasteiger partial charge in [0.25, 0.3) is 0 Å². The molecule has 2 unspecified atom stereocenters. The number of hydrogen-bond donors (Lipinski definition) is 3. The van der Waals surface area contributed by atoms with E-state index in [0.717, 1.165) is 10.8 Å². The number of H-pyrrole nitrogens is 1. The number of nitrogens with zero attached hydrogens (tertiary/aromatic N) is 1. The van der Waals surface area contributed by atoms with Crippen molar-refractivity contribution in [1.29, 1.82) is 0 Å². The van der Waals surface area contributed by atoms with Crippen LogP contribution in [0.1, 0.15) is 27.2 Å². The number of aromatic nitrogens is 2. The maximum absolute atomic E-state index is 12.9. The van der Waals surface area contributed by atoms with Gasteiger partial charge in [-0.15, -0.1) is 0 Å². The van der Waals surface area contributed by atoms with Gasteiger partial charge in [-0.2, -0.15) is 0 Å². The van der Waals surface area contributed by atoms with E-state index in [4.69, 9.17) is 4.52 Å². The third-order valence-corrected chi connectivity index (χ3v) is 5.61. The third kappa shape index (κ3) is 5.03. The zero-order valence-corrected chi connectivity index (χ0v) is 13.9. The van der Waals surface area contributed by atoms with E-state index in [0.29, 0.717) is 6.42 Å². The molecular weight excluding hydrogens is 311 g/mol. The molecule has 1 heterocycles. The maximum atomic E-state index is 12.9. The number of aromatic hydroxyl groups is 1. The van der Waals surface area contributed by atoms with Gasteiger partial charge in [0.15, 0.2) is 0 Å². The highest BCUT2D eigenvalue weighted by atomic mass is 31.2. The van der Waals surface area contributed by atoms with Crippen molar-refractivity contribution in [3.05, 3.63) is 16.7 Å². The Bertz CT molecular complexity index is 606. The van der Waals surface area contributed by atoms with Crippen molar-refractivity contribution in [3.8, 4) is 5.88 Å². The van der Waals surface area contributed by atoms with Crippen molar-refractivity contribution in [2.75, 3.05) is 12.8 Å². The van der Waals surface area contributed by atoms with Gasteiger partial charge in [0.1, 0.15) is 6.29 Å². The highest BCUT2D eigenvalue weighted by molar-refractivity contribution is 7.57. The lowest BCUT2D eigenvalue weighted by Crippen LogP contribution is -2.24. The SMILES string of the molecule is CCOP(=O)(CC(CC(C)C)C(=O)O)Cn1c(O)c[nH]c1=O. The van der Waals surface area contributed by atoms with Crippen LogP contribution < -0.4 is 5.69 Å². The van der Waals surface area contributed by atoms with Gasteiger partial charge in [0.05, 0.1) is 18.7 Å². The highest BCUT2D eigenvalue weighted by Gasteiger charge is 2.33. The second kappa shape index (κ2) is 7.65. The predicted molar refractivity (Wildman–Crippen MR) is 81.4 cm³/mol. The van der Waals surface area contributed by atoms with E-state index in [-0.39, 0.29) is 30.9 Å². The molecule has 0 bridgehead atoms. The summed E-state index contributed by atoms with van der Waals surface area (Å²) in [5, 5.41) is 18.9. The van der Waals surface area contributed by atoms with Crippen LogP contribution in [0, 0.1) is 11.8 Å². The predicted octanol–water partition coefficient (Wildman–Crippen LogP) is 1.90. The molecule has 0 aromatic carbocycles. The lowest BCUT2D eigenvalue weighted by molar-refractivity contribution is -0.141. The fourth-order valence-electron chi connectivity index (χ4n) is 2.28. The zero-order chi connectivity index (χ0) is 16.9. The number of carboxylic acid groups (broad SMARTS) is 1. The van der Waals surface area contributed by atoms with E-state index in [1.54, 1.807) is 6.92 Å². The summed E-state index contributed by atoms with van der Waals surface area (Å²) in [5.41, 5.74) is -0.617. The number of aromatic amines is 1. The first kappa shape index (κ1) is 18.5. The Morgan fingerprint density at radius 3 is 2.55 bits per heavy atom. The van der Waals surface area contributed by atoms with Crippen molar-refractivity contribution in [3.63, 3.8) is 0 Å². The number of hydrogen-bond acceptors (Lipinski definition) is 5. The normalized spacial score (nSPS) is 15.6. The monoisotopic (exact) mass is 334 g/mol. The van der Waals surface area contributed by atoms with E-state index in [2.05, 4.69) is 4.98 Å². The van der Waals surface area contributed by atoms with Gasteiger partial charge in [-0.25, -0.2) is 4.79 Å². The molecule has 0 amide bonds. The number of rotatable bonds is 9. The quantitative estimate of drug-likeness (QED) is 0.593. The van der Waals surface area contributed by atoms with Gasteiger partial charge >= 0.3 is 11.7 Å². The average molecular weight is 334 g/mol. The summed E-state index contributed by atoms with van der Waals surface area (Å²) in [4.78, 5) is 25.2. The number of carbonyl (C=O) groups is 1. The van der Waals surface area contributed by atoms with Crippen molar-refractivity contribution >= 4 is 13.3 Å². The summed E-state index contributed by atoms with van der Waals surface area (Å²) in [7, 11) is -3.43. The Morgan fingerprint density at radius 1 is 1.50 bits per heavy atom. The number of nitrogens with one attached hydrogen (secondary N) is 1. The molecule has 3 N–H and O–H groups in total. The molecule has 0 saturated carbocycles. The molecule has 0 spiro atoms. The van der Waals surface area contributed by atoms with Crippen LogP contribution in [-0.2, 0) is 20.2 Å². The second-order valence-corrected chi connectivity index (χ2v) is 8.14. The molecule has 0 aliphatic heterocycles. The van der Waals surface area contributed by atoms with Crippen LogP contribution in [0.2, 0.25) is 0 Å². The van der Waals surface area contributed by atoms with E-state index < -0.39 is 24.9 Å². The van der Waals surface area contributed by atoms with Crippen LogP contribution in [0.5, 0.6) is 5.88 Å². The Labute approximate surface area is 128 Å². The van der Waals surface area contributed by atoms with Crippen molar-refractivity contribution in [2.45, 2.75) is 33.5 Å². The summed E-state index contributed by atoms with van der Waals surface area (Å²) in [6, 6.07) is 0. The molecule has 22 heavy (non-hydrogen) atoms. The molecule has 1 aromatic rings. The first-order valence-electron chi connectivity index (χ1n) is 7.11. The lowest BCUT2D eigenvalue weighted by Gasteiger charge is -2.23. The van der Waals surface area contributed by atoms with Crippen molar-refractivity contribution in [2.24, 2.45) is 11.8 Å². The zero-order valence-electron chi connectivity index (χ0n) is 13.0. The van der Waals surface area contributed by atoms with Crippen LogP contribution >= 0.6 is 7.37 Å². The Morgan fingerprint density at radius 2 is 2.14 bits per heavy atom. The van der Waals surface area contributed by atoms with E-state index >= 15 is 0 Å². The topological polar surface area (TPSA) is 122 Å². The summed E-state index contributed by atoms with van der Waals surface area (Å²) < 4.78 is 19.1. The summed E-state index contributed by atoms with van der Waals surface area (Å²) in [6.07, 6.45) is 0.921. The molecular formula is C13H23N2O6P. The van der Waals surface area contributed by atoms with Gasteiger partial charge in [-0.3, -0.25) is 13.9 Å².